The molecule has 0 bridgehead atoms. The largest absolute Gasteiger partial charge is 0.387 e. The summed E-state index contributed by atoms with van der Waals surface area (Å²) >= 11 is 0. The molecule has 1 saturated heterocycles. The average molecular weight is 291 g/mol. The lowest BCUT2D eigenvalue weighted by atomic mass is 10.1. The smallest absolute Gasteiger partial charge is 0.223 e. The van der Waals surface area contributed by atoms with Gasteiger partial charge in [-0.3, -0.25) is 4.90 Å². The highest BCUT2D eigenvalue weighted by molar-refractivity contribution is 5.19. The zero-order chi connectivity index (χ0) is 14.8. The Labute approximate surface area is 122 Å². The normalized spacial score (nSPS) is 20.8. The molecule has 1 aromatic heterocycles. The van der Waals surface area contributed by atoms with Crippen molar-refractivity contribution in [3.63, 3.8) is 0 Å². The van der Waals surface area contributed by atoms with Crippen molar-refractivity contribution in [1.29, 1.82) is 0 Å². The van der Waals surface area contributed by atoms with Crippen molar-refractivity contribution >= 4 is 0 Å². The Morgan fingerprint density at radius 2 is 2.38 bits per heavy atom. The number of hydrogen-bond acceptors (Lipinski definition) is 5. The van der Waals surface area contributed by atoms with Gasteiger partial charge in [0.15, 0.2) is 5.82 Å². The van der Waals surface area contributed by atoms with Crippen LogP contribution in [0.15, 0.2) is 28.8 Å². The molecule has 1 fully saturated rings. The monoisotopic (exact) mass is 291 g/mol. The van der Waals surface area contributed by atoms with Crippen molar-refractivity contribution < 1.29 is 14.0 Å². The van der Waals surface area contributed by atoms with Crippen LogP contribution >= 0.6 is 0 Å². The first-order valence-electron chi connectivity index (χ1n) is 7.11. The molecule has 0 unspecified atom stereocenters. The Bertz CT molecular complexity index is 616. The number of aliphatic hydroxyl groups excluding tert-OH is 1. The molecule has 21 heavy (non-hydrogen) atoms. The number of rotatable bonds is 4. The van der Waals surface area contributed by atoms with Crippen LogP contribution in [0.1, 0.15) is 42.3 Å². The third kappa shape index (κ3) is 3.11. The SMILES string of the molecule is Cc1nc([C@H]2CCCN2C[C@H](O)c2cccc(F)c2)no1. The Balaban J connectivity index is 1.71. The van der Waals surface area contributed by atoms with Crippen LogP contribution in [0.3, 0.4) is 0 Å². The molecule has 2 heterocycles. The van der Waals surface area contributed by atoms with E-state index >= 15 is 0 Å². The molecule has 0 amide bonds. The fourth-order valence-corrected chi connectivity index (χ4v) is 2.83. The summed E-state index contributed by atoms with van der Waals surface area (Å²) in [5, 5.41) is 14.3. The van der Waals surface area contributed by atoms with Crippen LogP contribution in [0.4, 0.5) is 4.39 Å². The molecule has 1 N–H and O–H groups in total. The molecule has 5 nitrogen and oxygen atoms in total. The highest BCUT2D eigenvalue weighted by Crippen LogP contribution is 2.31. The van der Waals surface area contributed by atoms with E-state index in [4.69, 9.17) is 4.52 Å². The molecule has 2 atom stereocenters. The molecular formula is C15H18FN3O2. The standard InChI is InChI=1S/C15H18FN3O2/c1-10-17-15(18-21-10)13-6-3-7-19(13)9-14(20)11-4-2-5-12(16)8-11/h2,4-5,8,13-14,20H,3,6-7,9H2,1H3/t13-,14+/m1/s1. The van der Waals surface area contributed by atoms with Crippen molar-refractivity contribution in [1.82, 2.24) is 15.0 Å². The lowest BCUT2D eigenvalue weighted by molar-refractivity contribution is 0.103. The number of aliphatic hydroxyl groups is 1. The highest BCUT2D eigenvalue weighted by atomic mass is 19.1. The van der Waals surface area contributed by atoms with Gasteiger partial charge in [0, 0.05) is 13.5 Å². The number of nitrogens with zero attached hydrogens (tertiary/aromatic N) is 3. The van der Waals surface area contributed by atoms with Crippen molar-refractivity contribution in [3.05, 3.63) is 47.4 Å². The maximum atomic E-state index is 13.2. The van der Waals surface area contributed by atoms with E-state index in [1.807, 2.05) is 0 Å². The van der Waals surface area contributed by atoms with Gasteiger partial charge in [-0.15, -0.1) is 0 Å². The van der Waals surface area contributed by atoms with Gasteiger partial charge in [-0.2, -0.15) is 4.98 Å². The lowest BCUT2D eigenvalue weighted by Gasteiger charge is -2.24. The number of β-amino-alcohol motifs (C(OH)–C–C–N with tert-alkyl or cyclic N) is 1. The fraction of sp³-hybridized carbons (Fsp3) is 0.467. The molecule has 3 rings (SSSR count). The van der Waals surface area contributed by atoms with Crippen LogP contribution in [0.2, 0.25) is 0 Å². The molecule has 1 aliphatic rings. The topological polar surface area (TPSA) is 62.4 Å². The first-order chi connectivity index (χ1) is 10.1. The molecular weight excluding hydrogens is 273 g/mol. The zero-order valence-electron chi connectivity index (χ0n) is 11.9. The maximum Gasteiger partial charge on any atom is 0.223 e. The van der Waals surface area contributed by atoms with Gasteiger partial charge in [-0.05, 0) is 37.1 Å². The minimum absolute atomic E-state index is 0.0608. The molecule has 0 spiro atoms. The molecule has 0 aliphatic carbocycles. The van der Waals surface area contributed by atoms with E-state index in [2.05, 4.69) is 15.0 Å². The van der Waals surface area contributed by atoms with Crippen molar-refractivity contribution in [2.75, 3.05) is 13.1 Å². The Morgan fingerprint density at radius 3 is 3.10 bits per heavy atom. The van der Waals surface area contributed by atoms with Crippen molar-refractivity contribution in [2.45, 2.75) is 31.9 Å². The van der Waals surface area contributed by atoms with Crippen LogP contribution in [0, 0.1) is 12.7 Å². The van der Waals surface area contributed by atoms with Crippen LogP contribution in [-0.4, -0.2) is 33.2 Å². The van der Waals surface area contributed by atoms with Gasteiger partial charge in [0.25, 0.3) is 0 Å². The fourth-order valence-electron chi connectivity index (χ4n) is 2.83. The van der Waals surface area contributed by atoms with E-state index in [0.717, 1.165) is 19.4 Å². The predicted molar refractivity (Wildman–Crippen MR) is 73.9 cm³/mol. The van der Waals surface area contributed by atoms with Crippen LogP contribution < -0.4 is 0 Å². The van der Waals surface area contributed by atoms with Gasteiger partial charge in [-0.1, -0.05) is 17.3 Å². The number of aromatic nitrogens is 2. The van der Waals surface area contributed by atoms with Crippen LogP contribution in [0.5, 0.6) is 0 Å². The lowest BCUT2D eigenvalue weighted by Crippen LogP contribution is -2.29. The third-order valence-corrected chi connectivity index (χ3v) is 3.85. The minimum atomic E-state index is -0.728. The Morgan fingerprint density at radius 1 is 1.52 bits per heavy atom. The van der Waals surface area contributed by atoms with E-state index in [0.29, 0.717) is 23.8 Å². The average Bonchev–Trinajstić information content (AvgIpc) is 3.07. The quantitative estimate of drug-likeness (QED) is 0.937. The van der Waals surface area contributed by atoms with E-state index in [-0.39, 0.29) is 11.9 Å². The van der Waals surface area contributed by atoms with E-state index in [9.17, 15) is 9.50 Å². The van der Waals surface area contributed by atoms with Gasteiger partial charge in [0.1, 0.15) is 5.82 Å². The van der Waals surface area contributed by atoms with Crippen molar-refractivity contribution in [3.8, 4) is 0 Å². The van der Waals surface area contributed by atoms with E-state index in [1.54, 1.807) is 19.1 Å². The van der Waals surface area contributed by atoms with Crippen LogP contribution in [-0.2, 0) is 0 Å². The van der Waals surface area contributed by atoms with E-state index in [1.165, 1.54) is 12.1 Å². The van der Waals surface area contributed by atoms with Gasteiger partial charge in [0.05, 0.1) is 12.1 Å². The third-order valence-electron chi connectivity index (χ3n) is 3.85. The second-order valence-corrected chi connectivity index (χ2v) is 5.40. The van der Waals surface area contributed by atoms with Gasteiger partial charge in [-0.25, -0.2) is 4.39 Å². The number of hydrogen-bond donors (Lipinski definition) is 1. The molecule has 0 saturated carbocycles. The number of benzene rings is 1. The molecule has 1 aliphatic heterocycles. The van der Waals surface area contributed by atoms with Gasteiger partial charge in [0.2, 0.25) is 5.89 Å². The Hall–Kier alpha value is -1.79. The zero-order valence-corrected chi connectivity index (χ0v) is 11.9. The summed E-state index contributed by atoms with van der Waals surface area (Å²) in [6.07, 6.45) is 1.23. The highest BCUT2D eigenvalue weighted by Gasteiger charge is 2.31. The summed E-state index contributed by atoms with van der Waals surface area (Å²) in [5.41, 5.74) is 0.588. The summed E-state index contributed by atoms with van der Waals surface area (Å²) in [5.74, 6) is 0.872. The second kappa shape index (κ2) is 5.91. The predicted octanol–water partition coefficient (Wildman–Crippen LogP) is 2.39. The Kier molecular flexibility index (Phi) is 3.98. The molecule has 1 aromatic carbocycles. The number of halogens is 1. The summed E-state index contributed by atoms with van der Waals surface area (Å²) in [6.45, 7) is 3.06. The van der Waals surface area contributed by atoms with E-state index < -0.39 is 6.10 Å². The molecule has 112 valence electrons. The maximum absolute atomic E-state index is 13.2. The number of aryl methyl sites for hydroxylation is 1. The summed E-state index contributed by atoms with van der Waals surface area (Å²) < 4.78 is 18.3. The first-order valence-corrected chi connectivity index (χ1v) is 7.11. The second-order valence-electron chi connectivity index (χ2n) is 5.40. The molecule has 0 radical (unpaired) electrons. The number of likely N-dealkylation sites (tertiary alicyclic amines) is 1. The minimum Gasteiger partial charge on any atom is -0.387 e. The van der Waals surface area contributed by atoms with Crippen molar-refractivity contribution in [2.24, 2.45) is 0 Å². The van der Waals surface area contributed by atoms with Crippen LogP contribution in [0.25, 0.3) is 0 Å². The molecule has 6 heteroatoms. The first kappa shape index (κ1) is 14.2. The molecule has 2 aromatic rings. The summed E-state index contributed by atoms with van der Waals surface area (Å²) in [7, 11) is 0. The summed E-state index contributed by atoms with van der Waals surface area (Å²) in [6, 6.07) is 6.14. The van der Waals surface area contributed by atoms with Gasteiger partial charge < -0.3 is 9.63 Å². The van der Waals surface area contributed by atoms with Gasteiger partial charge >= 0.3 is 0 Å². The summed E-state index contributed by atoms with van der Waals surface area (Å²) in [4.78, 5) is 6.40.